The van der Waals surface area contributed by atoms with E-state index in [1.807, 2.05) is 36.4 Å². The van der Waals surface area contributed by atoms with Crippen molar-refractivity contribution in [2.24, 2.45) is 0 Å². The summed E-state index contributed by atoms with van der Waals surface area (Å²) >= 11 is 0. The number of aromatic hydroxyl groups is 2. The van der Waals surface area contributed by atoms with Gasteiger partial charge in [0, 0.05) is 44.1 Å². The molecule has 7 nitrogen and oxygen atoms in total. The van der Waals surface area contributed by atoms with Crippen molar-refractivity contribution in [3.05, 3.63) is 65.2 Å². The molecule has 3 aromatic rings. The summed E-state index contributed by atoms with van der Waals surface area (Å²) in [5.41, 5.74) is 2.67. The third-order valence-electron chi connectivity index (χ3n) is 5.66. The van der Waals surface area contributed by atoms with Gasteiger partial charge in [-0.25, -0.2) is 9.36 Å². The molecule has 2 N–H and O–H groups in total. The molecule has 0 spiro atoms. The van der Waals surface area contributed by atoms with Crippen molar-refractivity contribution >= 4 is 11.4 Å². The molecule has 1 aliphatic heterocycles. The van der Waals surface area contributed by atoms with E-state index in [0.717, 1.165) is 50.4 Å². The van der Waals surface area contributed by atoms with Crippen LogP contribution in [0.5, 0.6) is 11.6 Å². The highest BCUT2D eigenvalue weighted by Crippen LogP contribution is 2.24. The fraction of sp³-hybridized carbons (Fsp3) is 0.348. The first-order valence-corrected chi connectivity index (χ1v) is 10.5. The highest BCUT2D eigenvalue weighted by Gasteiger charge is 2.18. The van der Waals surface area contributed by atoms with E-state index >= 15 is 0 Å². The first-order chi connectivity index (χ1) is 14.6. The summed E-state index contributed by atoms with van der Waals surface area (Å²) in [6.07, 6.45) is 3.40. The number of nitrogens with zero attached hydrogens (tertiary/aromatic N) is 4. The molecular weight excluding hydrogens is 380 g/mol. The molecule has 0 bridgehead atoms. The van der Waals surface area contributed by atoms with Crippen LogP contribution < -0.4 is 15.5 Å². The van der Waals surface area contributed by atoms with Crippen molar-refractivity contribution in [3.63, 3.8) is 0 Å². The maximum atomic E-state index is 12.6. The van der Waals surface area contributed by atoms with Crippen LogP contribution >= 0.6 is 0 Å². The summed E-state index contributed by atoms with van der Waals surface area (Å²) in [5.74, 6) is 0.245. The van der Waals surface area contributed by atoms with Crippen molar-refractivity contribution in [2.75, 3.05) is 36.0 Å². The zero-order valence-electron chi connectivity index (χ0n) is 17.2. The van der Waals surface area contributed by atoms with E-state index in [-0.39, 0.29) is 17.3 Å². The highest BCUT2D eigenvalue weighted by atomic mass is 16.3. The largest absolute Gasteiger partial charge is 0.508 e. The number of rotatable bonds is 6. The Kier molecular flexibility index (Phi) is 5.70. The van der Waals surface area contributed by atoms with Gasteiger partial charge in [0.05, 0.1) is 11.9 Å². The predicted octanol–water partition coefficient (Wildman–Crippen LogP) is 3.18. The van der Waals surface area contributed by atoms with E-state index in [1.54, 1.807) is 16.7 Å². The number of aromatic nitrogens is 2. The van der Waals surface area contributed by atoms with Crippen LogP contribution in [0.2, 0.25) is 0 Å². The lowest BCUT2D eigenvalue weighted by Gasteiger charge is -2.37. The Morgan fingerprint density at radius 2 is 1.30 bits per heavy atom. The number of anilines is 2. The number of aryl methyl sites for hydroxylation is 1. The van der Waals surface area contributed by atoms with E-state index in [0.29, 0.717) is 12.2 Å². The van der Waals surface area contributed by atoms with Crippen molar-refractivity contribution in [1.29, 1.82) is 0 Å². The number of imidazole rings is 1. The van der Waals surface area contributed by atoms with Crippen molar-refractivity contribution in [3.8, 4) is 17.3 Å². The molecule has 0 unspecified atom stereocenters. The average Bonchev–Trinajstić information content (AvgIpc) is 3.06. The van der Waals surface area contributed by atoms with E-state index in [1.165, 1.54) is 10.8 Å². The van der Waals surface area contributed by atoms with Gasteiger partial charge in [0.1, 0.15) is 5.75 Å². The first-order valence-electron chi connectivity index (χ1n) is 10.5. The molecule has 0 saturated carbocycles. The number of unbranched alkanes of at least 4 members (excludes halogenated alkanes) is 1. The Labute approximate surface area is 176 Å². The lowest BCUT2D eigenvalue weighted by atomic mass is 10.2. The Morgan fingerprint density at radius 3 is 1.83 bits per heavy atom. The summed E-state index contributed by atoms with van der Waals surface area (Å²) in [6.45, 7) is 6.25. The normalized spacial score (nSPS) is 14.3. The van der Waals surface area contributed by atoms with Crippen LogP contribution in [0, 0.1) is 0 Å². The summed E-state index contributed by atoms with van der Waals surface area (Å²) in [7, 11) is 0. The number of phenolic OH excluding ortho intramolecular Hbond substituents is 1. The van der Waals surface area contributed by atoms with Gasteiger partial charge < -0.3 is 20.0 Å². The Hall–Kier alpha value is -3.35. The Balaban J connectivity index is 1.44. The molecule has 1 aliphatic rings. The van der Waals surface area contributed by atoms with Gasteiger partial charge in [-0.15, -0.1) is 0 Å². The monoisotopic (exact) mass is 408 g/mol. The molecule has 0 amide bonds. The van der Waals surface area contributed by atoms with Gasteiger partial charge in [-0.3, -0.25) is 4.57 Å². The number of hydrogen-bond donors (Lipinski definition) is 2. The van der Waals surface area contributed by atoms with E-state index in [4.69, 9.17) is 0 Å². The number of hydrogen-bond acceptors (Lipinski definition) is 5. The minimum atomic E-state index is -0.212. The summed E-state index contributed by atoms with van der Waals surface area (Å²) < 4.78 is 2.91. The van der Waals surface area contributed by atoms with Gasteiger partial charge in [0.2, 0.25) is 5.88 Å². The Bertz CT molecular complexity index is 1030. The quantitative estimate of drug-likeness (QED) is 0.655. The van der Waals surface area contributed by atoms with Crippen LogP contribution in [-0.2, 0) is 6.54 Å². The zero-order chi connectivity index (χ0) is 21.1. The maximum Gasteiger partial charge on any atom is 0.335 e. The molecule has 0 atom stereocenters. The fourth-order valence-electron chi connectivity index (χ4n) is 3.91. The number of benzene rings is 2. The smallest absolute Gasteiger partial charge is 0.335 e. The average molecular weight is 409 g/mol. The van der Waals surface area contributed by atoms with Gasteiger partial charge in [-0.05, 0) is 55.0 Å². The molecule has 1 fully saturated rings. The molecule has 0 radical (unpaired) electrons. The molecule has 4 rings (SSSR count). The van der Waals surface area contributed by atoms with Gasteiger partial charge >= 0.3 is 5.69 Å². The second-order valence-corrected chi connectivity index (χ2v) is 7.66. The minimum Gasteiger partial charge on any atom is -0.508 e. The van der Waals surface area contributed by atoms with Crippen LogP contribution in [0.1, 0.15) is 19.8 Å². The molecule has 0 aliphatic carbocycles. The molecule has 158 valence electrons. The van der Waals surface area contributed by atoms with Crippen molar-refractivity contribution in [1.82, 2.24) is 9.13 Å². The van der Waals surface area contributed by atoms with Gasteiger partial charge in [-0.2, -0.15) is 0 Å². The molecule has 2 heterocycles. The lowest BCUT2D eigenvalue weighted by molar-refractivity contribution is 0.440. The maximum absolute atomic E-state index is 12.6. The summed E-state index contributed by atoms with van der Waals surface area (Å²) in [4.78, 5) is 17.2. The third kappa shape index (κ3) is 4.01. The second-order valence-electron chi connectivity index (χ2n) is 7.66. The van der Waals surface area contributed by atoms with Crippen LogP contribution in [0.4, 0.5) is 11.4 Å². The third-order valence-corrected chi connectivity index (χ3v) is 5.66. The molecular formula is C23H28N4O3. The number of piperazine rings is 1. The van der Waals surface area contributed by atoms with Crippen LogP contribution in [0.3, 0.4) is 0 Å². The fourth-order valence-corrected chi connectivity index (χ4v) is 3.91. The molecule has 1 aromatic heterocycles. The van der Waals surface area contributed by atoms with Crippen LogP contribution in [-0.4, -0.2) is 45.5 Å². The zero-order valence-corrected chi connectivity index (χ0v) is 17.2. The van der Waals surface area contributed by atoms with Crippen LogP contribution in [0.15, 0.2) is 59.5 Å². The minimum absolute atomic E-state index is 0.0358. The molecule has 7 heteroatoms. The molecule has 2 aromatic carbocycles. The van der Waals surface area contributed by atoms with Gasteiger partial charge in [-0.1, -0.05) is 13.3 Å². The number of phenols is 1. The Morgan fingerprint density at radius 1 is 0.800 bits per heavy atom. The van der Waals surface area contributed by atoms with Gasteiger partial charge in [0.25, 0.3) is 0 Å². The van der Waals surface area contributed by atoms with E-state index < -0.39 is 0 Å². The first kappa shape index (κ1) is 19.9. The lowest BCUT2D eigenvalue weighted by Crippen LogP contribution is -2.46. The van der Waals surface area contributed by atoms with Crippen LogP contribution in [0.25, 0.3) is 5.69 Å². The molecule has 1 saturated heterocycles. The molecule has 30 heavy (non-hydrogen) atoms. The van der Waals surface area contributed by atoms with E-state index in [9.17, 15) is 15.0 Å². The summed E-state index contributed by atoms with van der Waals surface area (Å²) in [5, 5.41) is 19.7. The highest BCUT2D eigenvalue weighted by molar-refractivity contribution is 5.55. The van der Waals surface area contributed by atoms with Crippen molar-refractivity contribution in [2.45, 2.75) is 26.3 Å². The van der Waals surface area contributed by atoms with Crippen molar-refractivity contribution < 1.29 is 10.2 Å². The second kappa shape index (κ2) is 8.57. The summed E-state index contributed by atoms with van der Waals surface area (Å²) in [6, 6.07) is 15.1. The topological polar surface area (TPSA) is 73.9 Å². The van der Waals surface area contributed by atoms with Gasteiger partial charge in [0.15, 0.2) is 0 Å². The standard InChI is InChI=1S/C23H28N4O3/c1-2-3-12-26-17-22(29)27(23(26)30)20-6-4-18(5-7-20)24-13-15-25(16-14-24)19-8-10-21(28)11-9-19/h4-11,17,28-29H,2-3,12-16H2,1H3. The predicted molar refractivity (Wildman–Crippen MR) is 119 cm³/mol. The van der Waals surface area contributed by atoms with E-state index in [2.05, 4.69) is 16.7 Å². The SMILES string of the molecule is CCCCn1cc(O)n(-c2ccc(N3CCN(c4ccc(O)cc4)CC3)cc2)c1=O.